The summed E-state index contributed by atoms with van der Waals surface area (Å²) in [5.74, 6) is 6.12. The second-order valence-corrected chi connectivity index (χ2v) is 27.2. The number of hydrogen-bond acceptors (Lipinski definition) is 13. The van der Waals surface area contributed by atoms with Crippen LogP contribution in [0.15, 0.2) is 53.3 Å². The van der Waals surface area contributed by atoms with E-state index in [1.165, 1.54) is 5.56 Å². The SMILES string of the molecule is C[C@]12CC[C@@H]3[C@@]45COC(=O)C[C@@H]4O[C@](C)(C4CCCCC4)[C@H]5C(=O)[C@@H](O)[C@]34[C@H]3C[C@@H](Cc5ccccc5)CC[C@H]3C#C[C@@H]3CCc5coc(C[C@@H]([C@H]6CC[C@@H]7[C@H](C=CN8CNC[C@@H]78)C6)[C@H](O)CO)c5[C@@]31OC(=O)[C@H]1O[C@@]142. The van der Waals surface area contributed by atoms with Gasteiger partial charge in [-0.3, -0.25) is 14.9 Å². The molecule has 76 heavy (non-hydrogen) atoms. The van der Waals surface area contributed by atoms with Crippen molar-refractivity contribution in [3.05, 3.63) is 71.3 Å². The van der Waals surface area contributed by atoms with Crippen molar-refractivity contribution in [3.8, 4) is 11.8 Å². The zero-order chi connectivity index (χ0) is 51.7. The molecule has 6 aliphatic heterocycles. The normalized spacial score (nSPS) is 48.1. The molecule has 7 heterocycles. The Kier molecular flexibility index (Phi) is 11.1. The van der Waals surface area contributed by atoms with Gasteiger partial charge in [-0.2, -0.15) is 0 Å². The number of cyclic esters (lactones) is 1. The van der Waals surface area contributed by atoms with Gasteiger partial charge in [-0.1, -0.05) is 74.4 Å². The molecule has 4 N–H and O–H groups in total. The molecule has 0 unspecified atom stereocenters. The zero-order valence-corrected chi connectivity index (χ0v) is 44.5. The number of nitrogens with one attached hydrogen (secondary N) is 1. The fourth-order valence-corrected chi connectivity index (χ4v) is 21.7. The highest BCUT2D eigenvalue weighted by Crippen LogP contribution is 2.85. The molecule has 0 amide bonds. The average Bonchev–Trinajstić information content (AvgIpc) is 2.02. The highest BCUT2D eigenvalue weighted by atomic mass is 16.7. The smallest absolute Gasteiger partial charge is 0.339 e. The summed E-state index contributed by atoms with van der Waals surface area (Å²) in [6.45, 7) is 5.81. The van der Waals surface area contributed by atoms with Gasteiger partial charge < -0.3 is 43.6 Å². The van der Waals surface area contributed by atoms with E-state index in [0.717, 1.165) is 95.0 Å². The predicted octanol–water partition coefficient (Wildman–Crippen LogP) is 6.96. The van der Waals surface area contributed by atoms with Crippen LogP contribution in [-0.4, -0.2) is 106 Å². The number of carbonyl (C=O) groups is 3. The van der Waals surface area contributed by atoms with Crippen molar-refractivity contribution in [2.45, 2.75) is 177 Å². The van der Waals surface area contributed by atoms with Crippen molar-refractivity contribution in [2.75, 3.05) is 26.4 Å². The predicted molar refractivity (Wildman–Crippen MR) is 276 cm³/mol. The summed E-state index contributed by atoms with van der Waals surface area (Å²) in [7, 11) is 0. The maximum absolute atomic E-state index is 16.6. The molecule has 1 aromatic heterocycles. The molecule has 21 atom stereocenters. The number of fused-ring (bicyclic) bond motifs is 5. The zero-order valence-electron chi connectivity index (χ0n) is 44.5. The summed E-state index contributed by atoms with van der Waals surface area (Å²) in [6.07, 6.45) is 16.0. The first-order valence-corrected chi connectivity index (χ1v) is 29.9. The number of hydrogen-bond donors (Lipinski definition) is 4. The minimum atomic E-state index is -1.53. The van der Waals surface area contributed by atoms with E-state index in [0.29, 0.717) is 62.2 Å². The topological polar surface area (TPSA) is 181 Å². The van der Waals surface area contributed by atoms with Gasteiger partial charge in [-0.15, -0.1) is 0 Å². The largest absolute Gasteiger partial charge is 0.469 e. The van der Waals surface area contributed by atoms with Crippen LogP contribution in [0, 0.1) is 93.2 Å². The first kappa shape index (κ1) is 49.0. The van der Waals surface area contributed by atoms with Gasteiger partial charge in [0.05, 0.1) is 55.6 Å². The van der Waals surface area contributed by atoms with E-state index in [1.807, 2.05) is 12.3 Å². The number of ketones is 1. The van der Waals surface area contributed by atoms with E-state index in [1.54, 1.807) is 0 Å². The number of epoxide rings is 1. The van der Waals surface area contributed by atoms with Gasteiger partial charge in [0.1, 0.15) is 24.1 Å². The second kappa shape index (κ2) is 17.2. The van der Waals surface area contributed by atoms with E-state index < -0.39 is 81.2 Å². The third kappa shape index (κ3) is 6.19. The Labute approximate surface area is 446 Å². The Morgan fingerprint density at radius 3 is 2.62 bits per heavy atom. The van der Waals surface area contributed by atoms with Crippen LogP contribution in [-0.2, 0) is 58.2 Å². The van der Waals surface area contributed by atoms with Gasteiger partial charge in [0.25, 0.3) is 0 Å². The molecule has 4 spiro atoms. The summed E-state index contributed by atoms with van der Waals surface area (Å²) < 4.78 is 35.5. The minimum Gasteiger partial charge on any atom is -0.469 e. The number of furan rings is 1. The number of Topliss-reactive ketones (excluding diaryl/α,β-unsaturated/α-hetero) is 1. The monoisotopic (exact) mass is 1040 g/mol. The van der Waals surface area contributed by atoms with E-state index in [-0.39, 0.29) is 66.9 Å². The summed E-state index contributed by atoms with van der Waals surface area (Å²) in [5.41, 5.74) is -4.13. The number of nitrogens with zero attached hydrogens (tertiary/aromatic N) is 1. The fraction of sp³-hybridized carbons (Fsp3) is 0.730. The number of aliphatic hydroxyl groups excluding tert-OH is 3. The summed E-state index contributed by atoms with van der Waals surface area (Å²) in [4.78, 5) is 48.5. The lowest BCUT2D eigenvalue weighted by Gasteiger charge is -2.72. The van der Waals surface area contributed by atoms with Crippen molar-refractivity contribution in [1.82, 2.24) is 10.2 Å². The Bertz CT molecular complexity index is 2800. The number of benzene rings is 1. The maximum Gasteiger partial charge on any atom is 0.339 e. The lowest BCUT2D eigenvalue weighted by molar-refractivity contribution is -0.301. The molecule has 13 heteroatoms. The van der Waals surface area contributed by atoms with Crippen LogP contribution in [0.25, 0.3) is 0 Å². The molecule has 1 aromatic carbocycles. The molecular weight excluding hydrogens is 961 g/mol. The van der Waals surface area contributed by atoms with Gasteiger partial charge in [0, 0.05) is 46.7 Å². The van der Waals surface area contributed by atoms with Gasteiger partial charge in [0.2, 0.25) is 0 Å². The molecule has 13 nitrogen and oxygen atoms in total. The van der Waals surface area contributed by atoms with Crippen LogP contribution in [0.5, 0.6) is 0 Å². The highest BCUT2D eigenvalue weighted by Gasteiger charge is 2.96. The number of esters is 2. The molecule has 13 aliphatic rings. The highest BCUT2D eigenvalue weighted by molar-refractivity contribution is 5.92. The maximum atomic E-state index is 16.6. The van der Waals surface area contributed by atoms with Crippen LogP contribution in [0.3, 0.4) is 0 Å². The number of ether oxygens (including phenoxy) is 4. The van der Waals surface area contributed by atoms with Crippen molar-refractivity contribution in [2.24, 2.45) is 81.3 Å². The molecule has 10 fully saturated rings. The number of carbonyl (C=O) groups excluding carboxylic acids is 3. The molecule has 406 valence electrons. The average molecular weight is 1040 g/mol. The van der Waals surface area contributed by atoms with Crippen LogP contribution < -0.4 is 5.32 Å². The lowest BCUT2D eigenvalue weighted by Crippen LogP contribution is -2.82. The number of aliphatic hydroxyl groups is 3. The van der Waals surface area contributed by atoms with Crippen molar-refractivity contribution in [1.29, 1.82) is 0 Å². The number of allylic oxidation sites excluding steroid dienone is 1. The quantitative estimate of drug-likeness (QED) is 0.121. The van der Waals surface area contributed by atoms with E-state index in [9.17, 15) is 20.1 Å². The molecule has 5 saturated heterocycles. The summed E-state index contributed by atoms with van der Waals surface area (Å²) in [5, 5.41) is 40.6. The van der Waals surface area contributed by atoms with E-state index in [2.05, 4.69) is 72.4 Å². The van der Waals surface area contributed by atoms with Crippen molar-refractivity contribution >= 4 is 17.7 Å². The Balaban J connectivity index is 0.904. The standard InChI is InChI=1S/C63H78N2O11/c1-58-23-21-49-60-33-73-51(68)29-50(60)74-59(2,41-11-7-4-8-12-41)54(60)53(69)55(70)61(49)45-26-36(25-35-9-5-3-6-10-35)13-14-37(45)15-18-42-19-16-40-32-72-48(52(40)62(42,58)76-57(71)56-63(58,61)75-56)28-44(47(67)31-66)38-17-20-43-39(27-38)22-24-65-34-64-30-46(43)65/h3,5-6,9-10,22,24,32,36-39,41-47,49-50,54-56,64,66-67,70H,4,7-8,11-14,16-17,19-21,23,25-31,33-34H2,1-2H3/t36-,37+,38+,39-,42-,43-,44+,45+,46+,47-,49-,50+,54-,55-,56-,58+,59-,60+,61+,62+,63-/m1/s1. The first-order valence-electron chi connectivity index (χ1n) is 29.9. The third-order valence-corrected chi connectivity index (χ3v) is 24.6. The molecule has 5 saturated carbocycles. The molecule has 0 radical (unpaired) electrons. The molecule has 4 bridgehead atoms. The van der Waals surface area contributed by atoms with Gasteiger partial charge >= 0.3 is 11.9 Å². The lowest BCUT2D eigenvalue weighted by atomic mass is 9.30. The van der Waals surface area contributed by atoms with Crippen LogP contribution >= 0.6 is 0 Å². The second-order valence-electron chi connectivity index (χ2n) is 27.2. The first-order chi connectivity index (χ1) is 36.8. The third-order valence-electron chi connectivity index (χ3n) is 24.6. The van der Waals surface area contributed by atoms with E-state index >= 15 is 9.59 Å². The molecular formula is C63H78N2O11. The Morgan fingerprint density at radius 1 is 0.947 bits per heavy atom. The molecule has 7 aliphatic carbocycles. The van der Waals surface area contributed by atoms with E-state index in [4.69, 9.17) is 23.4 Å². The van der Waals surface area contributed by atoms with Crippen LogP contribution in [0.4, 0.5) is 0 Å². The van der Waals surface area contributed by atoms with Crippen LogP contribution in [0.1, 0.15) is 133 Å². The Hall–Kier alpha value is -4.03. The van der Waals surface area contributed by atoms with Crippen molar-refractivity contribution < 1.29 is 53.1 Å². The van der Waals surface area contributed by atoms with Gasteiger partial charge in [-0.05, 0) is 155 Å². The number of aryl methyl sites for hydroxylation is 1. The molecule has 15 rings (SSSR count). The van der Waals surface area contributed by atoms with Crippen LogP contribution in [0.2, 0.25) is 0 Å². The molecule has 2 aromatic rings. The van der Waals surface area contributed by atoms with Crippen molar-refractivity contribution in [3.63, 3.8) is 0 Å². The van der Waals surface area contributed by atoms with Gasteiger partial charge in [0.15, 0.2) is 17.5 Å². The Morgan fingerprint density at radius 2 is 1.79 bits per heavy atom. The minimum absolute atomic E-state index is 0.0134. The summed E-state index contributed by atoms with van der Waals surface area (Å²) >= 11 is 0. The number of rotatable bonds is 8. The fourth-order valence-electron chi connectivity index (χ4n) is 21.7. The summed E-state index contributed by atoms with van der Waals surface area (Å²) in [6, 6.07) is 11.1. The van der Waals surface area contributed by atoms with Gasteiger partial charge in [-0.25, -0.2) is 4.79 Å².